The van der Waals surface area contributed by atoms with Crippen LogP contribution in [0.5, 0.6) is 5.75 Å². The van der Waals surface area contributed by atoms with E-state index in [1.54, 1.807) is 0 Å². The van der Waals surface area contributed by atoms with Crippen molar-refractivity contribution in [2.75, 3.05) is 6.61 Å². The number of nitriles is 1. The van der Waals surface area contributed by atoms with E-state index in [0.717, 1.165) is 18.6 Å². The lowest BCUT2D eigenvalue weighted by Gasteiger charge is -2.21. The lowest BCUT2D eigenvalue weighted by molar-refractivity contribution is 0.237. The minimum Gasteiger partial charge on any atom is -0.491 e. The zero-order valence-corrected chi connectivity index (χ0v) is 11.9. The minimum atomic E-state index is -0.829. The van der Waals surface area contributed by atoms with Crippen molar-refractivity contribution in [1.29, 1.82) is 5.26 Å². The Morgan fingerprint density at radius 1 is 1.47 bits per heavy atom. The number of aryl methyl sites for hydroxylation is 1. The van der Waals surface area contributed by atoms with Crippen molar-refractivity contribution in [3.63, 3.8) is 0 Å². The monoisotopic (exact) mass is 258 g/mol. The molecule has 1 fully saturated rings. The van der Waals surface area contributed by atoms with Gasteiger partial charge in [0.2, 0.25) is 0 Å². The van der Waals surface area contributed by atoms with Crippen molar-refractivity contribution >= 4 is 0 Å². The van der Waals surface area contributed by atoms with Gasteiger partial charge in [0, 0.05) is 0 Å². The van der Waals surface area contributed by atoms with Crippen molar-refractivity contribution in [2.45, 2.75) is 45.1 Å². The van der Waals surface area contributed by atoms with Crippen molar-refractivity contribution in [2.24, 2.45) is 11.7 Å². The van der Waals surface area contributed by atoms with Gasteiger partial charge in [0.15, 0.2) is 0 Å². The maximum atomic E-state index is 9.19. The van der Waals surface area contributed by atoms with E-state index in [4.69, 9.17) is 10.5 Å². The van der Waals surface area contributed by atoms with Crippen LogP contribution in [0.25, 0.3) is 0 Å². The topological polar surface area (TPSA) is 59.0 Å². The van der Waals surface area contributed by atoms with Crippen molar-refractivity contribution < 1.29 is 4.74 Å². The molecule has 1 saturated carbocycles. The van der Waals surface area contributed by atoms with Gasteiger partial charge in [0.05, 0.1) is 6.07 Å². The molecule has 2 N–H and O–H groups in total. The Morgan fingerprint density at radius 2 is 2.16 bits per heavy atom. The molecule has 0 spiro atoms. The first-order valence-electron chi connectivity index (χ1n) is 6.90. The lowest BCUT2D eigenvalue weighted by Crippen LogP contribution is -2.46. The van der Waals surface area contributed by atoms with Crippen molar-refractivity contribution in [1.82, 2.24) is 0 Å². The van der Waals surface area contributed by atoms with Crippen LogP contribution in [0, 0.1) is 24.2 Å². The van der Waals surface area contributed by atoms with Gasteiger partial charge >= 0.3 is 0 Å². The van der Waals surface area contributed by atoms with Crippen LogP contribution in [0.15, 0.2) is 18.2 Å². The molecule has 1 aliphatic rings. The second kappa shape index (κ2) is 5.22. The summed E-state index contributed by atoms with van der Waals surface area (Å²) in [5, 5.41) is 9.19. The molecule has 1 atom stereocenters. The van der Waals surface area contributed by atoms with Crippen LogP contribution in [0.1, 0.15) is 43.7 Å². The molecule has 19 heavy (non-hydrogen) atoms. The standard InChI is InChI=1S/C16H22N2O/c1-11(2)15-7-6-14(8-12(15)3)19-10-16(18,9-17)13-4-5-13/h6-8,11,13H,4-5,10,18H2,1-3H3. The summed E-state index contributed by atoms with van der Waals surface area (Å²) in [6.45, 7) is 6.71. The van der Waals surface area contributed by atoms with Crippen LogP contribution in [0.2, 0.25) is 0 Å². The first kappa shape index (κ1) is 13.9. The van der Waals surface area contributed by atoms with E-state index in [2.05, 4.69) is 32.9 Å². The molecule has 0 bridgehead atoms. The van der Waals surface area contributed by atoms with Gasteiger partial charge in [-0.05, 0) is 54.9 Å². The van der Waals surface area contributed by atoms with Gasteiger partial charge < -0.3 is 10.5 Å². The molecular formula is C16H22N2O. The molecule has 1 aromatic rings. The highest BCUT2D eigenvalue weighted by Crippen LogP contribution is 2.38. The summed E-state index contributed by atoms with van der Waals surface area (Å²) in [5.41, 5.74) is 7.80. The number of benzene rings is 1. The molecular weight excluding hydrogens is 236 g/mol. The Hall–Kier alpha value is -1.53. The molecule has 1 aromatic carbocycles. The number of hydrogen-bond acceptors (Lipinski definition) is 3. The molecule has 1 aliphatic carbocycles. The fourth-order valence-electron chi connectivity index (χ4n) is 2.43. The fraction of sp³-hybridized carbons (Fsp3) is 0.562. The number of nitrogens with zero attached hydrogens (tertiary/aromatic N) is 1. The highest BCUT2D eigenvalue weighted by molar-refractivity contribution is 5.36. The average Bonchev–Trinajstić information content (AvgIpc) is 3.20. The highest BCUT2D eigenvalue weighted by atomic mass is 16.5. The van der Waals surface area contributed by atoms with Gasteiger partial charge in [-0.3, -0.25) is 0 Å². The SMILES string of the molecule is Cc1cc(OCC(N)(C#N)C2CC2)ccc1C(C)C. The zero-order valence-electron chi connectivity index (χ0n) is 11.9. The largest absolute Gasteiger partial charge is 0.491 e. The van der Waals surface area contributed by atoms with Gasteiger partial charge in [-0.25, -0.2) is 0 Å². The molecule has 0 amide bonds. The Kier molecular flexibility index (Phi) is 3.82. The van der Waals surface area contributed by atoms with E-state index in [1.807, 2.05) is 12.1 Å². The highest BCUT2D eigenvalue weighted by Gasteiger charge is 2.43. The molecule has 3 nitrogen and oxygen atoms in total. The number of rotatable bonds is 5. The summed E-state index contributed by atoms with van der Waals surface area (Å²) in [4.78, 5) is 0. The summed E-state index contributed by atoms with van der Waals surface area (Å²) in [6, 6.07) is 8.30. The van der Waals surface area contributed by atoms with E-state index in [0.29, 0.717) is 11.8 Å². The van der Waals surface area contributed by atoms with Gasteiger partial charge in [-0.2, -0.15) is 5.26 Å². The van der Waals surface area contributed by atoms with Crippen LogP contribution in [0.4, 0.5) is 0 Å². The van der Waals surface area contributed by atoms with Crippen LogP contribution in [-0.2, 0) is 0 Å². The third-order valence-electron chi connectivity index (χ3n) is 3.85. The van der Waals surface area contributed by atoms with E-state index in [9.17, 15) is 5.26 Å². The van der Waals surface area contributed by atoms with Crippen LogP contribution < -0.4 is 10.5 Å². The van der Waals surface area contributed by atoms with Gasteiger partial charge in [0.1, 0.15) is 17.9 Å². The molecule has 0 radical (unpaired) electrons. The van der Waals surface area contributed by atoms with Crippen molar-refractivity contribution in [3.05, 3.63) is 29.3 Å². The normalized spacial score (nSPS) is 17.9. The second-order valence-electron chi connectivity index (χ2n) is 5.89. The number of hydrogen-bond donors (Lipinski definition) is 1. The van der Waals surface area contributed by atoms with E-state index < -0.39 is 5.54 Å². The molecule has 3 heteroatoms. The Bertz CT molecular complexity index is 500. The predicted octanol–water partition coefficient (Wildman–Crippen LogP) is 3.13. The molecule has 0 aliphatic heterocycles. The van der Waals surface area contributed by atoms with E-state index >= 15 is 0 Å². The van der Waals surface area contributed by atoms with E-state index in [1.165, 1.54) is 11.1 Å². The third kappa shape index (κ3) is 3.08. The predicted molar refractivity (Wildman–Crippen MR) is 76.0 cm³/mol. The Balaban J connectivity index is 2.04. The average molecular weight is 258 g/mol. The quantitative estimate of drug-likeness (QED) is 0.882. The smallest absolute Gasteiger partial charge is 0.141 e. The van der Waals surface area contributed by atoms with Gasteiger partial charge in [-0.1, -0.05) is 19.9 Å². The molecule has 0 aromatic heterocycles. The molecule has 0 heterocycles. The summed E-state index contributed by atoms with van der Waals surface area (Å²) in [5.74, 6) is 1.61. The second-order valence-corrected chi connectivity index (χ2v) is 5.89. The van der Waals surface area contributed by atoms with Gasteiger partial charge in [0.25, 0.3) is 0 Å². The first-order chi connectivity index (χ1) is 8.96. The van der Waals surface area contributed by atoms with Crippen LogP contribution >= 0.6 is 0 Å². The maximum absolute atomic E-state index is 9.19. The lowest BCUT2D eigenvalue weighted by atomic mass is 9.97. The summed E-state index contributed by atoms with van der Waals surface area (Å²) < 4.78 is 5.73. The summed E-state index contributed by atoms with van der Waals surface area (Å²) in [6.07, 6.45) is 2.08. The zero-order chi connectivity index (χ0) is 14.0. The van der Waals surface area contributed by atoms with Crippen LogP contribution in [0.3, 0.4) is 0 Å². The molecule has 2 rings (SSSR count). The molecule has 1 unspecified atom stereocenters. The van der Waals surface area contributed by atoms with Gasteiger partial charge in [-0.15, -0.1) is 0 Å². The first-order valence-corrected chi connectivity index (χ1v) is 6.90. The minimum absolute atomic E-state index is 0.272. The fourth-order valence-corrected chi connectivity index (χ4v) is 2.43. The van der Waals surface area contributed by atoms with Crippen molar-refractivity contribution in [3.8, 4) is 11.8 Å². The maximum Gasteiger partial charge on any atom is 0.141 e. The van der Waals surface area contributed by atoms with E-state index in [-0.39, 0.29) is 6.61 Å². The summed E-state index contributed by atoms with van der Waals surface area (Å²) >= 11 is 0. The summed E-state index contributed by atoms with van der Waals surface area (Å²) in [7, 11) is 0. The Labute approximate surface area is 115 Å². The molecule has 0 saturated heterocycles. The molecule has 102 valence electrons. The number of nitrogens with two attached hydrogens (primary N) is 1. The number of ether oxygens (including phenoxy) is 1. The van der Waals surface area contributed by atoms with Crippen LogP contribution in [-0.4, -0.2) is 12.1 Å². The Morgan fingerprint density at radius 3 is 2.63 bits per heavy atom. The third-order valence-corrected chi connectivity index (χ3v) is 3.85.